The molecule has 4 rings (SSSR count). The van der Waals surface area contributed by atoms with E-state index in [0.717, 1.165) is 11.1 Å². The standard InChI is InChI=1S/C17H16O4/c1-10-9-15(2)17(11-7-5-4-6-8-11)12(10)16(17,13(18)20-3)14(19)21-15/h4-9,12H,1-3H3/t12?,15-,16?,17+/m0/s1. The van der Waals surface area contributed by atoms with Gasteiger partial charge in [0.05, 0.1) is 12.5 Å². The van der Waals surface area contributed by atoms with Gasteiger partial charge in [-0.15, -0.1) is 0 Å². The highest BCUT2D eigenvalue weighted by atomic mass is 16.6. The second kappa shape index (κ2) is 3.38. The number of carbonyl (C=O) groups is 2. The Kier molecular flexibility index (Phi) is 2.03. The largest absolute Gasteiger partial charge is 0.468 e. The van der Waals surface area contributed by atoms with Crippen LogP contribution in [0.15, 0.2) is 42.0 Å². The van der Waals surface area contributed by atoms with E-state index in [-0.39, 0.29) is 5.92 Å². The Morgan fingerprint density at radius 3 is 2.57 bits per heavy atom. The van der Waals surface area contributed by atoms with Crippen LogP contribution in [0, 0.1) is 11.3 Å². The molecule has 2 aliphatic carbocycles. The van der Waals surface area contributed by atoms with Crippen LogP contribution >= 0.6 is 0 Å². The van der Waals surface area contributed by atoms with E-state index in [0.29, 0.717) is 0 Å². The van der Waals surface area contributed by atoms with Gasteiger partial charge < -0.3 is 9.47 Å². The zero-order valence-corrected chi connectivity index (χ0v) is 12.2. The number of benzene rings is 1. The second-order valence-corrected chi connectivity index (χ2v) is 6.29. The Labute approximate surface area is 122 Å². The first-order valence-electron chi connectivity index (χ1n) is 7.03. The number of carbonyl (C=O) groups excluding carboxylic acids is 2. The molecule has 4 heteroatoms. The SMILES string of the molecule is COC(=O)C12C(=O)O[C@@]3(C)C=C(C)C1[C@@]23c1ccccc1. The molecule has 1 aromatic carbocycles. The summed E-state index contributed by atoms with van der Waals surface area (Å²) in [7, 11) is 1.33. The molecular formula is C17H16O4. The molecule has 2 unspecified atom stereocenters. The number of hydrogen-bond acceptors (Lipinski definition) is 4. The summed E-state index contributed by atoms with van der Waals surface area (Å²) in [5, 5.41) is 0. The minimum Gasteiger partial charge on any atom is -0.468 e. The number of allylic oxidation sites excluding steroid dienone is 1. The highest BCUT2D eigenvalue weighted by Gasteiger charge is 2.98. The van der Waals surface area contributed by atoms with Crippen molar-refractivity contribution in [3.05, 3.63) is 47.5 Å². The number of hydrogen-bond donors (Lipinski definition) is 0. The molecule has 21 heavy (non-hydrogen) atoms. The summed E-state index contributed by atoms with van der Waals surface area (Å²) < 4.78 is 10.6. The van der Waals surface area contributed by atoms with Crippen LogP contribution in [0.4, 0.5) is 0 Å². The van der Waals surface area contributed by atoms with Crippen LogP contribution in [-0.2, 0) is 24.5 Å². The minimum absolute atomic E-state index is 0.161. The van der Waals surface area contributed by atoms with Crippen molar-refractivity contribution in [3.8, 4) is 0 Å². The lowest BCUT2D eigenvalue weighted by molar-refractivity contribution is -0.161. The van der Waals surface area contributed by atoms with Gasteiger partial charge in [-0.2, -0.15) is 0 Å². The number of esters is 2. The molecule has 0 amide bonds. The van der Waals surface area contributed by atoms with E-state index in [9.17, 15) is 9.59 Å². The highest BCUT2D eigenvalue weighted by molar-refractivity contribution is 6.12. The molecule has 0 bridgehead atoms. The average Bonchev–Trinajstić information content (AvgIpc) is 3.03. The molecule has 0 spiro atoms. The van der Waals surface area contributed by atoms with Crippen LogP contribution in [0.5, 0.6) is 0 Å². The topological polar surface area (TPSA) is 52.6 Å². The first-order valence-corrected chi connectivity index (χ1v) is 7.03. The van der Waals surface area contributed by atoms with Crippen LogP contribution in [0.3, 0.4) is 0 Å². The van der Waals surface area contributed by atoms with Crippen LogP contribution in [0.1, 0.15) is 19.4 Å². The zero-order valence-electron chi connectivity index (χ0n) is 12.2. The predicted molar refractivity (Wildman–Crippen MR) is 74.3 cm³/mol. The third-order valence-corrected chi connectivity index (χ3v) is 5.51. The van der Waals surface area contributed by atoms with Crippen molar-refractivity contribution in [2.24, 2.45) is 11.3 Å². The van der Waals surface area contributed by atoms with Gasteiger partial charge in [0.25, 0.3) is 0 Å². The number of methoxy groups -OCH3 is 1. The monoisotopic (exact) mass is 284 g/mol. The summed E-state index contributed by atoms with van der Waals surface area (Å²) in [6.45, 7) is 3.85. The van der Waals surface area contributed by atoms with Crippen molar-refractivity contribution in [1.82, 2.24) is 0 Å². The quantitative estimate of drug-likeness (QED) is 0.473. The summed E-state index contributed by atoms with van der Waals surface area (Å²) in [5.41, 5.74) is -0.667. The second-order valence-electron chi connectivity index (χ2n) is 6.29. The van der Waals surface area contributed by atoms with Gasteiger partial charge in [0, 0.05) is 5.92 Å². The van der Waals surface area contributed by atoms with Crippen molar-refractivity contribution >= 4 is 11.9 Å². The highest BCUT2D eigenvalue weighted by Crippen LogP contribution is 2.84. The fourth-order valence-corrected chi connectivity index (χ4v) is 5.03. The molecule has 0 radical (unpaired) electrons. The van der Waals surface area contributed by atoms with Crippen molar-refractivity contribution in [3.63, 3.8) is 0 Å². The van der Waals surface area contributed by atoms with Crippen molar-refractivity contribution in [2.75, 3.05) is 7.11 Å². The Bertz CT molecular complexity index is 707. The lowest BCUT2D eigenvalue weighted by atomic mass is 9.76. The molecule has 1 aliphatic heterocycles. The number of rotatable bonds is 2. The van der Waals surface area contributed by atoms with Gasteiger partial charge in [-0.1, -0.05) is 35.9 Å². The third-order valence-electron chi connectivity index (χ3n) is 5.51. The van der Waals surface area contributed by atoms with Gasteiger partial charge in [0.15, 0.2) is 5.41 Å². The first-order chi connectivity index (χ1) is 9.96. The maximum absolute atomic E-state index is 12.6. The van der Waals surface area contributed by atoms with E-state index in [2.05, 4.69) is 0 Å². The zero-order chi connectivity index (χ0) is 15.0. The predicted octanol–water partition coefficient (Wildman–Crippen LogP) is 1.99. The molecule has 1 heterocycles. The maximum Gasteiger partial charge on any atom is 0.326 e. The van der Waals surface area contributed by atoms with Crippen molar-refractivity contribution in [2.45, 2.75) is 24.9 Å². The van der Waals surface area contributed by atoms with Crippen LogP contribution in [0.2, 0.25) is 0 Å². The smallest absolute Gasteiger partial charge is 0.326 e. The molecule has 1 saturated carbocycles. The molecule has 3 aliphatic rings. The first kappa shape index (κ1) is 12.6. The molecule has 2 fully saturated rings. The van der Waals surface area contributed by atoms with Gasteiger partial charge in [0.2, 0.25) is 0 Å². The maximum atomic E-state index is 12.6. The molecule has 4 atom stereocenters. The number of ether oxygens (including phenoxy) is 2. The Morgan fingerprint density at radius 2 is 1.95 bits per heavy atom. The van der Waals surface area contributed by atoms with Gasteiger partial charge in [0.1, 0.15) is 5.60 Å². The van der Waals surface area contributed by atoms with Gasteiger partial charge in [-0.25, -0.2) is 0 Å². The minimum atomic E-state index is -1.21. The lowest BCUT2D eigenvalue weighted by Gasteiger charge is -2.28. The molecule has 108 valence electrons. The Balaban J connectivity index is 2.03. The summed E-state index contributed by atoms with van der Waals surface area (Å²) in [5.74, 6) is -1.11. The molecule has 1 saturated heterocycles. The van der Waals surface area contributed by atoms with Crippen molar-refractivity contribution in [1.29, 1.82) is 0 Å². The van der Waals surface area contributed by atoms with Gasteiger partial charge >= 0.3 is 11.9 Å². The van der Waals surface area contributed by atoms with Crippen molar-refractivity contribution < 1.29 is 19.1 Å². The van der Waals surface area contributed by atoms with Crippen LogP contribution < -0.4 is 0 Å². The molecule has 0 N–H and O–H groups in total. The molecule has 1 aromatic rings. The van der Waals surface area contributed by atoms with Gasteiger partial charge in [-0.05, 0) is 25.5 Å². The summed E-state index contributed by atoms with van der Waals surface area (Å²) >= 11 is 0. The van der Waals surface area contributed by atoms with Crippen LogP contribution in [0.25, 0.3) is 0 Å². The van der Waals surface area contributed by atoms with E-state index in [4.69, 9.17) is 9.47 Å². The van der Waals surface area contributed by atoms with E-state index in [1.54, 1.807) is 0 Å². The lowest BCUT2D eigenvalue weighted by Crippen LogP contribution is -2.38. The molecular weight excluding hydrogens is 268 g/mol. The van der Waals surface area contributed by atoms with Crippen LogP contribution in [-0.4, -0.2) is 24.6 Å². The Morgan fingerprint density at radius 1 is 1.29 bits per heavy atom. The van der Waals surface area contributed by atoms with E-state index in [1.807, 2.05) is 50.3 Å². The Hall–Kier alpha value is -2.10. The number of fused-ring (bicyclic) bond motifs is 1. The normalized spacial score (nSPS) is 42.1. The fraction of sp³-hybridized carbons (Fsp3) is 0.412. The summed E-state index contributed by atoms with van der Waals surface area (Å²) in [4.78, 5) is 25.1. The third kappa shape index (κ3) is 0.982. The summed E-state index contributed by atoms with van der Waals surface area (Å²) in [6.07, 6.45) is 1.98. The van der Waals surface area contributed by atoms with E-state index >= 15 is 0 Å². The average molecular weight is 284 g/mol. The summed E-state index contributed by atoms with van der Waals surface area (Å²) in [6, 6.07) is 9.69. The van der Waals surface area contributed by atoms with Gasteiger partial charge in [-0.3, -0.25) is 9.59 Å². The van der Waals surface area contributed by atoms with E-state index in [1.165, 1.54) is 7.11 Å². The molecule has 0 aromatic heterocycles. The van der Waals surface area contributed by atoms with E-state index < -0.39 is 28.4 Å². The molecule has 4 nitrogen and oxygen atoms in total. The fourth-order valence-electron chi connectivity index (χ4n) is 5.03.